The van der Waals surface area contributed by atoms with Crippen LogP contribution >= 0.6 is 0 Å². The summed E-state index contributed by atoms with van der Waals surface area (Å²) < 4.78 is 4.71. The molecule has 0 saturated carbocycles. The third kappa shape index (κ3) is 5.03. The molecule has 0 aromatic heterocycles. The van der Waals surface area contributed by atoms with Crippen LogP contribution in [0.25, 0.3) is 0 Å². The summed E-state index contributed by atoms with van der Waals surface area (Å²) in [7, 11) is 1.41. The van der Waals surface area contributed by atoms with Crippen LogP contribution in [-0.4, -0.2) is 19.1 Å². The molecule has 1 N–H and O–H groups in total. The molecule has 3 nitrogen and oxygen atoms in total. The van der Waals surface area contributed by atoms with Crippen LogP contribution < -0.4 is 5.32 Å². The van der Waals surface area contributed by atoms with Gasteiger partial charge in [-0.3, -0.25) is 10.1 Å². The Bertz CT molecular complexity index is 398. The molecule has 0 aliphatic heterocycles. The van der Waals surface area contributed by atoms with Crippen molar-refractivity contribution in [3.8, 4) is 0 Å². The van der Waals surface area contributed by atoms with E-state index in [4.69, 9.17) is 4.74 Å². The molecule has 1 unspecified atom stereocenters. The Hall–Kier alpha value is -1.35. The predicted octanol–water partition coefficient (Wildman–Crippen LogP) is 3.10. The normalized spacial score (nSPS) is 14.2. The van der Waals surface area contributed by atoms with Crippen molar-refractivity contribution >= 4 is 5.97 Å². The second-order valence-corrected chi connectivity index (χ2v) is 5.47. The highest BCUT2D eigenvalue weighted by Gasteiger charge is 2.16. The van der Waals surface area contributed by atoms with Crippen LogP contribution in [-0.2, 0) is 16.0 Å². The van der Waals surface area contributed by atoms with Crippen molar-refractivity contribution in [2.75, 3.05) is 7.11 Å². The summed E-state index contributed by atoms with van der Waals surface area (Å²) in [5.74, 6) is 0.434. The zero-order chi connectivity index (χ0) is 14.4. The molecule has 3 heteroatoms. The van der Waals surface area contributed by atoms with Gasteiger partial charge in [-0.25, -0.2) is 0 Å². The topological polar surface area (TPSA) is 38.3 Å². The summed E-state index contributed by atoms with van der Waals surface area (Å²) in [4.78, 5) is 11.4. The minimum Gasteiger partial charge on any atom is -0.468 e. The number of ether oxygens (including phenoxy) is 1. The van der Waals surface area contributed by atoms with E-state index in [1.807, 2.05) is 6.92 Å². The third-order valence-corrected chi connectivity index (χ3v) is 3.18. The van der Waals surface area contributed by atoms with Crippen molar-refractivity contribution in [3.05, 3.63) is 35.4 Å². The predicted molar refractivity (Wildman–Crippen MR) is 78.0 cm³/mol. The van der Waals surface area contributed by atoms with Crippen molar-refractivity contribution < 1.29 is 9.53 Å². The van der Waals surface area contributed by atoms with Gasteiger partial charge in [0.05, 0.1) is 7.11 Å². The highest BCUT2D eigenvalue weighted by Crippen LogP contribution is 2.16. The molecule has 1 rings (SSSR count). The first kappa shape index (κ1) is 15.7. The van der Waals surface area contributed by atoms with Gasteiger partial charge in [0.15, 0.2) is 0 Å². The first-order chi connectivity index (χ1) is 8.93. The summed E-state index contributed by atoms with van der Waals surface area (Å²) >= 11 is 0. The maximum Gasteiger partial charge on any atom is 0.322 e. The number of hydrogen-bond donors (Lipinski definition) is 1. The lowest BCUT2D eigenvalue weighted by Gasteiger charge is -2.19. The summed E-state index contributed by atoms with van der Waals surface area (Å²) in [5.41, 5.74) is 2.54. The van der Waals surface area contributed by atoms with Gasteiger partial charge < -0.3 is 4.74 Å². The van der Waals surface area contributed by atoms with Gasteiger partial charge in [0.1, 0.15) is 6.04 Å². The van der Waals surface area contributed by atoms with Crippen molar-refractivity contribution in [2.45, 2.75) is 46.2 Å². The average molecular weight is 263 g/mol. The monoisotopic (exact) mass is 263 g/mol. The maximum absolute atomic E-state index is 11.4. The third-order valence-electron chi connectivity index (χ3n) is 3.18. The van der Waals surface area contributed by atoms with E-state index >= 15 is 0 Å². The van der Waals surface area contributed by atoms with Gasteiger partial charge >= 0.3 is 5.97 Å². The number of carbonyl (C=O) groups excluding carboxylic acids is 1. The molecule has 0 fully saturated rings. The standard InChI is InChI=1S/C16H25NO2/c1-11(2)10-14-6-8-15(9-7-14)12(3)17-13(4)16(18)19-5/h6-9,11-13,17H,10H2,1-5H3/t12?,13-/m0/s1. The van der Waals surface area contributed by atoms with E-state index in [9.17, 15) is 4.79 Å². The van der Waals surface area contributed by atoms with E-state index in [0.717, 1.165) is 6.42 Å². The Kier molecular flexibility index (Phi) is 6.03. The van der Waals surface area contributed by atoms with Crippen LogP contribution in [0.5, 0.6) is 0 Å². The fourth-order valence-electron chi connectivity index (χ4n) is 2.13. The van der Waals surface area contributed by atoms with Crippen LogP contribution in [0.15, 0.2) is 24.3 Å². The Balaban J connectivity index is 2.62. The van der Waals surface area contributed by atoms with Crippen LogP contribution in [0.1, 0.15) is 44.9 Å². The number of carbonyl (C=O) groups is 1. The highest BCUT2D eigenvalue weighted by atomic mass is 16.5. The molecular formula is C16H25NO2. The van der Waals surface area contributed by atoms with Crippen LogP contribution in [0, 0.1) is 5.92 Å². The molecule has 0 radical (unpaired) electrons. The molecule has 0 spiro atoms. The second-order valence-electron chi connectivity index (χ2n) is 5.47. The second kappa shape index (κ2) is 7.29. The summed E-state index contributed by atoms with van der Waals surface area (Å²) in [6.45, 7) is 8.30. The Morgan fingerprint density at radius 1 is 1.16 bits per heavy atom. The zero-order valence-corrected chi connectivity index (χ0v) is 12.6. The zero-order valence-electron chi connectivity index (χ0n) is 12.6. The molecule has 1 aromatic rings. The first-order valence-corrected chi connectivity index (χ1v) is 6.86. The number of esters is 1. The number of hydrogen-bond acceptors (Lipinski definition) is 3. The molecule has 0 bridgehead atoms. The van der Waals surface area contributed by atoms with E-state index in [2.05, 4.69) is 50.4 Å². The molecule has 2 atom stereocenters. The van der Waals surface area contributed by atoms with Crippen LogP contribution in [0.4, 0.5) is 0 Å². The molecule has 0 aliphatic rings. The van der Waals surface area contributed by atoms with Gasteiger partial charge in [0.2, 0.25) is 0 Å². The number of nitrogens with one attached hydrogen (secondary N) is 1. The van der Waals surface area contributed by atoms with E-state index < -0.39 is 0 Å². The SMILES string of the molecule is COC(=O)[C@H](C)NC(C)c1ccc(CC(C)C)cc1. The number of methoxy groups -OCH3 is 1. The van der Waals surface area contributed by atoms with E-state index in [0.29, 0.717) is 5.92 Å². The van der Waals surface area contributed by atoms with Crippen LogP contribution in [0.2, 0.25) is 0 Å². The molecule has 0 heterocycles. The van der Waals surface area contributed by atoms with Crippen molar-refractivity contribution in [1.29, 1.82) is 0 Å². The minimum absolute atomic E-state index is 0.127. The van der Waals surface area contributed by atoms with Gasteiger partial charge in [0, 0.05) is 6.04 Å². The number of rotatable bonds is 6. The van der Waals surface area contributed by atoms with Gasteiger partial charge in [-0.15, -0.1) is 0 Å². The largest absolute Gasteiger partial charge is 0.468 e. The van der Waals surface area contributed by atoms with Gasteiger partial charge in [-0.05, 0) is 37.3 Å². The Morgan fingerprint density at radius 2 is 1.74 bits per heavy atom. The fraction of sp³-hybridized carbons (Fsp3) is 0.562. The van der Waals surface area contributed by atoms with Gasteiger partial charge in [-0.2, -0.15) is 0 Å². The molecule has 0 saturated heterocycles. The summed E-state index contributed by atoms with van der Waals surface area (Å²) in [6.07, 6.45) is 1.10. The van der Waals surface area contributed by atoms with Gasteiger partial charge in [-0.1, -0.05) is 38.1 Å². The molecule has 19 heavy (non-hydrogen) atoms. The quantitative estimate of drug-likeness (QED) is 0.801. The lowest BCUT2D eigenvalue weighted by molar-refractivity contribution is -0.142. The maximum atomic E-state index is 11.4. The van der Waals surface area contributed by atoms with E-state index in [-0.39, 0.29) is 18.1 Å². The highest BCUT2D eigenvalue weighted by molar-refractivity contribution is 5.75. The van der Waals surface area contributed by atoms with Gasteiger partial charge in [0.25, 0.3) is 0 Å². The Morgan fingerprint density at radius 3 is 2.21 bits per heavy atom. The molecule has 1 aromatic carbocycles. The number of benzene rings is 1. The van der Waals surface area contributed by atoms with Crippen molar-refractivity contribution in [3.63, 3.8) is 0 Å². The molecule has 0 amide bonds. The lowest BCUT2D eigenvalue weighted by atomic mass is 9.99. The minimum atomic E-state index is -0.296. The molecular weight excluding hydrogens is 238 g/mol. The van der Waals surface area contributed by atoms with Crippen LogP contribution in [0.3, 0.4) is 0 Å². The van der Waals surface area contributed by atoms with Crippen molar-refractivity contribution in [2.24, 2.45) is 5.92 Å². The van der Waals surface area contributed by atoms with Crippen molar-refractivity contribution in [1.82, 2.24) is 5.32 Å². The average Bonchev–Trinajstić information content (AvgIpc) is 2.37. The van der Waals surface area contributed by atoms with E-state index in [1.165, 1.54) is 18.2 Å². The Labute approximate surface area is 116 Å². The summed E-state index contributed by atoms with van der Waals surface area (Å²) in [6, 6.07) is 8.41. The fourth-order valence-corrected chi connectivity index (χ4v) is 2.13. The lowest BCUT2D eigenvalue weighted by Crippen LogP contribution is -2.36. The van der Waals surface area contributed by atoms with E-state index in [1.54, 1.807) is 0 Å². The summed E-state index contributed by atoms with van der Waals surface area (Å²) in [5, 5.41) is 3.23. The molecule has 106 valence electrons. The first-order valence-electron chi connectivity index (χ1n) is 6.86. The molecule has 0 aliphatic carbocycles. The smallest absolute Gasteiger partial charge is 0.322 e.